The van der Waals surface area contributed by atoms with Crippen LogP contribution in [0.3, 0.4) is 0 Å². The Morgan fingerprint density at radius 3 is 2.59 bits per heavy atom. The number of carboxylic acid groups (broad SMARTS) is 1. The van der Waals surface area contributed by atoms with Gasteiger partial charge in [0.25, 0.3) is 0 Å². The van der Waals surface area contributed by atoms with Crippen molar-refractivity contribution in [2.45, 2.75) is 6.10 Å². The molecule has 0 spiro atoms. The Kier molecular flexibility index (Phi) is 2.92. The van der Waals surface area contributed by atoms with Gasteiger partial charge in [0.2, 0.25) is 0 Å². The van der Waals surface area contributed by atoms with Crippen molar-refractivity contribution in [2.24, 2.45) is 0 Å². The molecule has 1 atom stereocenters. The van der Waals surface area contributed by atoms with E-state index in [0.29, 0.717) is 15.8 Å². The summed E-state index contributed by atoms with van der Waals surface area (Å²) in [6.07, 6.45) is -1.76. The summed E-state index contributed by atoms with van der Waals surface area (Å²) < 4.78 is 0. The van der Waals surface area contributed by atoms with E-state index in [1.54, 1.807) is 24.3 Å². The normalized spacial score (nSPS) is 12.6. The van der Waals surface area contributed by atoms with E-state index in [4.69, 9.17) is 16.7 Å². The summed E-state index contributed by atoms with van der Waals surface area (Å²) in [5.41, 5.74) is -0.0216. The Bertz CT molecular complexity index is 594. The number of phenols is 1. The van der Waals surface area contributed by atoms with Crippen LogP contribution in [-0.4, -0.2) is 21.3 Å². The summed E-state index contributed by atoms with van der Waals surface area (Å²) in [6.45, 7) is 0. The van der Waals surface area contributed by atoms with Crippen LogP contribution in [-0.2, 0) is 4.79 Å². The molecule has 0 saturated carbocycles. The summed E-state index contributed by atoms with van der Waals surface area (Å²) in [7, 11) is 0. The molecule has 0 aliphatic rings. The van der Waals surface area contributed by atoms with Crippen molar-refractivity contribution in [3.63, 3.8) is 0 Å². The molecule has 0 fully saturated rings. The number of halogens is 1. The second-order valence-electron chi connectivity index (χ2n) is 3.60. The van der Waals surface area contributed by atoms with Crippen LogP contribution in [0.25, 0.3) is 10.8 Å². The van der Waals surface area contributed by atoms with Crippen molar-refractivity contribution < 1.29 is 20.1 Å². The Balaban J connectivity index is 2.76. The second kappa shape index (κ2) is 4.24. The Hall–Kier alpha value is -1.78. The highest BCUT2D eigenvalue weighted by atomic mass is 35.5. The Morgan fingerprint density at radius 1 is 1.24 bits per heavy atom. The number of aliphatic carboxylic acids is 1. The van der Waals surface area contributed by atoms with Crippen LogP contribution < -0.4 is 0 Å². The van der Waals surface area contributed by atoms with Crippen LogP contribution in [0.4, 0.5) is 0 Å². The van der Waals surface area contributed by atoms with Crippen LogP contribution in [0, 0.1) is 0 Å². The molecule has 0 amide bonds. The fourth-order valence-corrected chi connectivity index (χ4v) is 1.90. The minimum absolute atomic E-state index is 0.0216. The van der Waals surface area contributed by atoms with E-state index in [0.717, 1.165) is 0 Å². The maximum atomic E-state index is 10.8. The fourth-order valence-electron chi connectivity index (χ4n) is 1.72. The third-order valence-corrected chi connectivity index (χ3v) is 2.74. The molecule has 4 nitrogen and oxygen atoms in total. The van der Waals surface area contributed by atoms with Crippen molar-refractivity contribution in [1.82, 2.24) is 0 Å². The average Bonchev–Trinajstić information content (AvgIpc) is 2.28. The molecule has 3 N–H and O–H groups in total. The first-order chi connectivity index (χ1) is 8.00. The number of hydrogen-bond acceptors (Lipinski definition) is 3. The average molecular weight is 253 g/mol. The summed E-state index contributed by atoms with van der Waals surface area (Å²) in [5, 5.41) is 29.6. The summed E-state index contributed by atoms with van der Waals surface area (Å²) in [4.78, 5) is 10.8. The first kappa shape index (κ1) is 11.7. The molecular weight excluding hydrogens is 244 g/mol. The van der Waals surface area contributed by atoms with Crippen LogP contribution >= 0.6 is 11.6 Å². The van der Waals surface area contributed by atoms with Gasteiger partial charge < -0.3 is 15.3 Å². The zero-order valence-corrected chi connectivity index (χ0v) is 9.35. The van der Waals surface area contributed by atoms with Gasteiger partial charge in [0.1, 0.15) is 5.75 Å². The highest BCUT2D eigenvalue weighted by Gasteiger charge is 2.22. The van der Waals surface area contributed by atoms with Crippen molar-refractivity contribution in [2.75, 3.05) is 0 Å². The molecule has 5 heteroatoms. The summed E-state index contributed by atoms with van der Waals surface area (Å²) in [5.74, 6) is -1.67. The molecule has 88 valence electrons. The van der Waals surface area contributed by atoms with E-state index < -0.39 is 12.1 Å². The van der Waals surface area contributed by atoms with E-state index in [1.807, 2.05) is 0 Å². The number of benzene rings is 2. The first-order valence-electron chi connectivity index (χ1n) is 4.82. The molecular formula is C12H9ClO4. The van der Waals surface area contributed by atoms with Gasteiger partial charge in [0.15, 0.2) is 6.10 Å². The van der Waals surface area contributed by atoms with Crippen molar-refractivity contribution in [3.05, 3.63) is 40.9 Å². The van der Waals surface area contributed by atoms with Crippen LogP contribution in [0.1, 0.15) is 11.7 Å². The molecule has 0 saturated heterocycles. The fraction of sp³-hybridized carbons (Fsp3) is 0.0833. The highest BCUT2D eigenvalue weighted by molar-refractivity contribution is 6.31. The van der Waals surface area contributed by atoms with Crippen molar-refractivity contribution in [1.29, 1.82) is 0 Å². The lowest BCUT2D eigenvalue weighted by molar-refractivity contribution is -0.146. The third kappa shape index (κ3) is 2.05. The van der Waals surface area contributed by atoms with Crippen molar-refractivity contribution >= 4 is 28.3 Å². The van der Waals surface area contributed by atoms with Gasteiger partial charge in [0, 0.05) is 10.6 Å². The van der Waals surface area contributed by atoms with Crippen LogP contribution in [0.15, 0.2) is 30.3 Å². The van der Waals surface area contributed by atoms with Crippen LogP contribution in [0.5, 0.6) is 5.75 Å². The van der Waals surface area contributed by atoms with E-state index in [2.05, 4.69) is 0 Å². The first-order valence-corrected chi connectivity index (χ1v) is 5.20. The SMILES string of the molecule is O=C(O)C(O)c1c(O)ccc2cc(Cl)ccc12. The third-order valence-electron chi connectivity index (χ3n) is 2.51. The molecule has 2 rings (SSSR count). The largest absolute Gasteiger partial charge is 0.508 e. The number of carbonyl (C=O) groups is 1. The summed E-state index contributed by atoms with van der Waals surface area (Å²) in [6, 6.07) is 7.71. The molecule has 2 aromatic carbocycles. The van der Waals surface area contributed by atoms with Gasteiger partial charge in [-0.2, -0.15) is 0 Å². The smallest absolute Gasteiger partial charge is 0.337 e. The predicted octanol–water partition coefficient (Wildman–Crippen LogP) is 2.32. The minimum atomic E-state index is -1.76. The van der Waals surface area contributed by atoms with Gasteiger partial charge in [-0.1, -0.05) is 23.7 Å². The van der Waals surface area contributed by atoms with E-state index in [9.17, 15) is 15.0 Å². The zero-order valence-electron chi connectivity index (χ0n) is 8.59. The number of aromatic hydroxyl groups is 1. The quantitative estimate of drug-likeness (QED) is 0.766. The van der Waals surface area contributed by atoms with E-state index in [-0.39, 0.29) is 11.3 Å². The van der Waals surface area contributed by atoms with Crippen molar-refractivity contribution in [3.8, 4) is 5.75 Å². The van der Waals surface area contributed by atoms with Crippen LogP contribution in [0.2, 0.25) is 5.02 Å². The lowest BCUT2D eigenvalue weighted by Crippen LogP contribution is -2.11. The minimum Gasteiger partial charge on any atom is -0.508 e. The highest BCUT2D eigenvalue weighted by Crippen LogP contribution is 2.33. The molecule has 2 aromatic rings. The van der Waals surface area contributed by atoms with Gasteiger partial charge in [-0.3, -0.25) is 0 Å². The van der Waals surface area contributed by atoms with Gasteiger partial charge in [-0.25, -0.2) is 4.79 Å². The zero-order chi connectivity index (χ0) is 12.6. The van der Waals surface area contributed by atoms with Gasteiger partial charge in [-0.15, -0.1) is 0 Å². The molecule has 0 heterocycles. The van der Waals surface area contributed by atoms with E-state index >= 15 is 0 Å². The molecule has 17 heavy (non-hydrogen) atoms. The maximum absolute atomic E-state index is 10.8. The maximum Gasteiger partial charge on any atom is 0.337 e. The number of rotatable bonds is 2. The topological polar surface area (TPSA) is 77.8 Å². The van der Waals surface area contributed by atoms with Gasteiger partial charge in [0.05, 0.1) is 0 Å². The number of aliphatic hydroxyl groups excluding tert-OH is 1. The standard InChI is InChI=1S/C12H9ClO4/c13-7-2-3-8-6(5-7)1-4-9(14)10(8)11(15)12(16)17/h1-5,11,14-15H,(H,16,17). The van der Waals surface area contributed by atoms with Gasteiger partial charge >= 0.3 is 5.97 Å². The lowest BCUT2D eigenvalue weighted by atomic mass is 9.99. The van der Waals surface area contributed by atoms with Gasteiger partial charge in [-0.05, 0) is 29.0 Å². The molecule has 0 bridgehead atoms. The number of phenolic OH excluding ortho intramolecular Hbond substituents is 1. The molecule has 0 aliphatic carbocycles. The monoisotopic (exact) mass is 252 g/mol. The Morgan fingerprint density at radius 2 is 1.94 bits per heavy atom. The van der Waals surface area contributed by atoms with E-state index in [1.165, 1.54) is 6.07 Å². The second-order valence-corrected chi connectivity index (χ2v) is 4.04. The molecule has 0 radical (unpaired) electrons. The molecule has 1 unspecified atom stereocenters. The number of carboxylic acids is 1. The number of hydrogen-bond donors (Lipinski definition) is 3. The Labute approximate surface area is 102 Å². The summed E-state index contributed by atoms with van der Waals surface area (Å²) >= 11 is 5.81. The molecule has 0 aromatic heterocycles. The lowest BCUT2D eigenvalue weighted by Gasteiger charge is -2.12. The molecule has 0 aliphatic heterocycles. The predicted molar refractivity (Wildman–Crippen MR) is 63.2 cm³/mol. The number of aliphatic hydroxyl groups is 1. The number of fused-ring (bicyclic) bond motifs is 1.